The fourth-order valence-corrected chi connectivity index (χ4v) is 3.24. The number of ketones is 1. The first kappa shape index (κ1) is 16.3. The summed E-state index contributed by atoms with van der Waals surface area (Å²) in [7, 11) is 3.23. The Balaban J connectivity index is 1.80. The van der Waals surface area contributed by atoms with Crippen LogP contribution >= 0.6 is 0 Å². The second-order valence-corrected chi connectivity index (χ2v) is 6.06. The van der Waals surface area contributed by atoms with E-state index in [-0.39, 0.29) is 5.78 Å². The van der Waals surface area contributed by atoms with Gasteiger partial charge in [-0.15, -0.1) is 0 Å². The maximum atomic E-state index is 12.7. The van der Waals surface area contributed by atoms with Crippen molar-refractivity contribution in [3.8, 4) is 17.2 Å². The van der Waals surface area contributed by atoms with E-state index in [0.717, 1.165) is 28.8 Å². The molecular weight excluding hydrogens is 330 g/mol. The highest BCUT2D eigenvalue weighted by molar-refractivity contribution is 6.15. The third-order valence-electron chi connectivity index (χ3n) is 4.62. The van der Waals surface area contributed by atoms with Gasteiger partial charge in [0.05, 0.1) is 19.8 Å². The number of allylic oxidation sites excluding steroid dienone is 1. The molecule has 1 aromatic heterocycles. The van der Waals surface area contributed by atoms with E-state index in [1.165, 1.54) is 0 Å². The van der Waals surface area contributed by atoms with Crippen molar-refractivity contribution in [2.24, 2.45) is 0 Å². The number of carbonyl (C=O) groups excluding carboxylic acids is 1. The van der Waals surface area contributed by atoms with E-state index in [1.54, 1.807) is 38.5 Å². The van der Waals surface area contributed by atoms with E-state index in [4.69, 9.17) is 14.2 Å². The van der Waals surface area contributed by atoms with Gasteiger partial charge in [-0.1, -0.05) is 0 Å². The number of rotatable bonds is 4. The molecule has 0 amide bonds. The summed E-state index contributed by atoms with van der Waals surface area (Å²) in [6.45, 7) is 2.91. The lowest BCUT2D eigenvalue weighted by Gasteiger charge is -2.02. The predicted molar refractivity (Wildman–Crippen MR) is 100 cm³/mol. The van der Waals surface area contributed by atoms with Gasteiger partial charge in [-0.2, -0.15) is 0 Å². The van der Waals surface area contributed by atoms with Gasteiger partial charge in [0.25, 0.3) is 0 Å². The number of fused-ring (bicyclic) bond motifs is 2. The number of carbonyl (C=O) groups is 1. The standard InChI is InChI=1S/C21H19NO4/c1-4-22-12-13(17-10-14(24-2)6-8-18(17)22)9-20-21(23)16-7-5-15(25-3)11-19(16)26-20/h5-12H,4H2,1-3H3. The zero-order valence-corrected chi connectivity index (χ0v) is 14.9. The summed E-state index contributed by atoms with van der Waals surface area (Å²) in [6.07, 6.45) is 3.82. The van der Waals surface area contributed by atoms with Crippen LogP contribution in [0.4, 0.5) is 0 Å². The number of hydrogen-bond acceptors (Lipinski definition) is 4. The molecule has 0 bridgehead atoms. The van der Waals surface area contributed by atoms with Crippen LogP contribution in [0.15, 0.2) is 48.4 Å². The van der Waals surface area contributed by atoms with E-state index >= 15 is 0 Å². The first-order chi connectivity index (χ1) is 12.6. The largest absolute Gasteiger partial charge is 0.497 e. The number of benzene rings is 2. The van der Waals surface area contributed by atoms with Gasteiger partial charge >= 0.3 is 0 Å². The second-order valence-electron chi connectivity index (χ2n) is 6.06. The molecule has 0 unspecified atom stereocenters. The molecule has 0 aliphatic carbocycles. The van der Waals surface area contributed by atoms with Gasteiger partial charge in [0.1, 0.15) is 17.2 Å². The van der Waals surface area contributed by atoms with Gasteiger partial charge in [0.2, 0.25) is 5.78 Å². The smallest absolute Gasteiger partial charge is 0.231 e. The Morgan fingerprint density at radius 2 is 1.81 bits per heavy atom. The van der Waals surface area contributed by atoms with Crippen LogP contribution in [0, 0.1) is 0 Å². The summed E-state index contributed by atoms with van der Waals surface area (Å²) in [5.41, 5.74) is 2.56. The van der Waals surface area contributed by atoms with Crippen LogP contribution in [0.2, 0.25) is 0 Å². The topological polar surface area (TPSA) is 49.7 Å². The van der Waals surface area contributed by atoms with E-state index in [2.05, 4.69) is 11.5 Å². The highest BCUT2D eigenvalue weighted by Gasteiger charge is 2.28. The first-order valence-electron chi connectivity index (χ1n) is 8.43. The molecule has 0 N–H and O–H groups in total. The summed E-state index contributed by atoms with van der Waals surface area (Å²) in [5, 5.41) is 1.02. The maximum Gasteiger partial charge on any atom is 0.231 e. The van der Waals surface area contributed by atoms with Crippen LogP contribution in [0.5, 0.6) is 17.2 Å². The van der Waals surface area contributed by atoms with Gasteiger partial charge in [-0.3, -0.25) is 4.79 Å². The minimum absolute atomic E-state index is 0.122. The highest BCUT2D eigenvalue weighted by atomic mass is 16.5. The number of ether oxygens (including phenoxy) is 3. The van der Waals surface area contributed by atoms with E-state index in [1.807, 2.05) is 24.4 Å². The van der Waals surface area contributed by atoms with Crippen LogP contribution in [0.25, 0.3) is 17.0 Å². The van der Waals surface area contributed by atoms with Crippen molar-refractivity contribution < 1.29 is 19.0 Å². The van der Waals surface area contributed by atoms with Crippen molar-refractivity contribution >= 4 is 22.8 Å². The Morgan fingerprint density at radius 1 is 1.08 bits per heavy atom. The molecule has 0 saturated heterocycles. The molecule has 1 aliphatic heterocycles. The quantitative estimate of drug-likeness (QED) is 0.659. The first-order valence-corrected chi connectivity index (χ1v) is 8.43. The molecule has 0 spiro atoms. The fraction of sp³-hybridized carbons (Fsp3) is 0.190. The molecule has 3 aromatic rings. The van der Waals surface area contributed by atoms with Gasteiger partial charge in [0, 0.05) is 35.3 Å². The molecule has 0 atom stereocenters. The normalized spacial score (nSPS) is 14.6. The van der Waals surface area contributed by atoms with E-state index < -0.39 is 0 Å². The monoisotopic (exact) mass is 349 g/mol. The van der Waals surface area contributed by atoms with Crippen LogP contribution in [-0.4, -0.2) is 24.6 Å². The minimum atomic E-state index is -0.122. The maximum absolute atomic E-state index is 12.7. The lowest BCUT2D eigenvalue weighted by atomic mass is 10.1. The molecule has 2 heterocycles. The van der Waals surface area contributed by atoms with Crippen molar-refractivity contribution in [3.05, 3.63) is 59.5 Å². The fourth-order valence-electron chi connectivity index (χ4n) is 3.24. The Labute approximate surface area is 151 Å². The third-order valence-corrected chi connectivity index (χ3v) is 4.62. The number of aromatic nitrogens is 1. The summed E-state index contributed by atoms with van der Waals surface area (Å²) in [4.78, 5) is 12.7. The number of nitrogens with zero attached hydrogens (tertiary/aromatic N) is 1. The molecule has 0 radical (unpaired) electrons. The Hall–Kier alpha value is -3.21. The van der Waals surface area contributed by atoms with Crippen LogP contribution < -0.4 is 14.2 Å². The van der Waals surface area contributed by atoms with Crippen molar-refractivity contribution in [2.75, 3.05) is 14.2 Å². The van der Waals surface area contributed by atoms with Crippen molar-refractivity contribution in [2.45, 2.75) is 13.5 Å². The molecule has 4 rings (SSSR count). The molecule has 5 heteroatoms. The third kappa shape index (κ3) is 2.52. The van der Waals surface area contributed by atoms with Gasteiger partial charge in [-0.25, -0.2) is 0 Å². The zero-order chi connectivity index (χ0) is 18.3. The Morgan fingerprint density at radius 3 is 2.54 bits per heavy atom. The summed E-state index contributed by atoms with van der Waals surface area (Å²) in [6, 6.07) is 11.2. The van der Waals surface area contributed by atoms with Crippen LogP contribution in [-0.2, 0) is 6.54 Å². The predicted octanol–water partition coefficient (Wildman–Crippen LogP) is 4.29. The molecule has 0 fully saturated rings. The molecule has 26 heavy (non-hydrogen) atoms. The molecule has 0 saturated carbocycles. The minimum Gasteiger partial charge on any atom is -0.497 e. The average molecular weight is 349 g/mol. The summed E-state index contributed by atoms with van der Waals surface area (Å²) < 4.78 is 18.5. The van der Waals surface area contributed by atoms with Gasteiger partial charge in [0.15, 0.2) is 5.76 Å². The Kier molecular flexibility index (Phi) is 3.92. The summed E-state index contributed by atoms with van der Waals surface area (Å²) in [5.74, 6) is 2.15. The van der Waals surface area contributed by atoms with Crippen LogP contribution in [0.1, 0.15) is 22.8 Å². The molecular formula is C21H19NO4. The molecule has 2 aromatic carbocycles. The molecule has 132 valence electrons. The van der Waals surface area contributed by atoms with Gasteiger partial charge < -0.3 is 18.8 Å². The number of aryl methyl sites for hydroxylation is 1. The van der Waals surface area contributed by atoms with E-state index in [9.17, 15) is 4.79 Å². The Bertz CT molecular complexity index is 1050. The van der Waals surface area contributed by atoms with Crippen molar-refractivity contribution in [3.63, 3.8) is 0 Å². The van der Waals surface area contributed by atoms with Crippen molar-refractivity contribution in [1.29, 1.82) is 0 Å². The number of Topliss-reactive ketones (excluding diaryl/α,β-unsaturated/α-hetero) is 1. The lowest BCUT2D eigenvalue weighted by molar-refractivity contribution is 0.101. The van der Waals surface area contributed by atoms with Gasteiger partial charge in [-0.05, 0) is 43.3 Å². The average Bonchev–Trinajstić information content (AvgIpc) is 3.18. The van der Waals surface area contributed by atoms with E-state index in [0.29, 0.717) is 22.8 Å². The number of hydrogen-bond donors (Lipinski definition) is 0. The lowest BCUT2D eigenvalue weighted by Crippen LogP contribution is -1.97. The second kappa shape index (κ2) is 6.26. The summed E-state index contributed by atoms with van der Waals surface area (Å²) >= 11 is 0. The number of methoxy groups -OCH3 is 2. The van der Waals surface area contributed by atoms with Crippen molar-refractivity contribution in [1.82, 2.24) is 4.57 Å². The zero-order valence-electron chi connectivity index (χ0n) is 14.9. The highest BCUT2D eigenvalue weighted by Crippen LogP contribution is 2.36. The SMILES string of the molecule is CCn1cc(C=C2Oc3cc(OC)ccc3C2=O)c2cc(OC)ccc21. The molecule has 1 aliphatic rings. The molecule has 5 nitrogen and oxygen atoms in total. The van der Waals surface area contributed by atoms with Crippen LogP contribution in [0.3, 0.4) is 0 Å².